The number of carbonyl (C=O) groups is 1. The molecule has 86 valence electrons. The second-order valence-corrected chi connectivity index (χ2v) is 3.79. The van der Waals surface area contributed by atoms with E-state index >= 15 is 0 Å². The Balaban J connectivity index is 2.43. The minimum absolute atomic E-state index is 0.173. The summed E-state index contributed by atoms with van der Waals surface area (Å²) in [6, 6.07) is 11.4. The summed E-state index contributed by atoms with van der Waals surface area (Å²) in [7, 11) is 0. The molecule has 0 heterocycles. The van der Waals surface area contributed by atoms with Crippen LogP contribution >= 0.6 is 0 Å². The van der Waals surface area contributed by atoms with Crippen LogP contribution in [0.5, 0.6) is 0 Å². The van der Waals surface area contributed by atoms with Crippen LogP contribution in [0.15, 0.2) is 49.1 Å². The molecule has 0 aromatic heterocycles. The van der Waals surface area contributed by atoms with Crippen molar-refractivity contribution in [3.63, 3.8) is 0 Å². The molecule has 0 unspecified atom stereocenters. The van der Waals surface area contributed by atoms with Gasteiger partial charge in [-0.25, -0.2) is 0 Å². The van der Waals surface area contributed by atoms with E-state index in [1.165, 1.54) is 0 Å². The number of nitrogens with one attached hydrogen (secondary N) is 1. The first-order valence-electron chi connectivity index (χ1n) is 5.39. The molecule has 0 fully saturated rings. The highest BCUT2D eigenvalue weighted by atomic mass is 16.1. The maximum absolute atomic E-state index is 11.8. The lowest BCUT2D eigenvalue weighted by Gasteiger charge is -2.07. The summed E-state index contributed by atoms with van der Waals surface area (Å²) in [6.07, 6.45) is 1.63. The number of rotatable bonds is 3. The quantitative estimate of drug-likeness (QED) is 0.623. The molecular formula is C14H14N2O. The fraction of sp³-hybridized carbons (Fsp3) is 0.0714. The van der Waals surface area contributed by atoms with E-state index in [1.54, 1.807) is 6.08 Å². The molecule has 0 saturated heterocycles. The van der Waals surface area contributed by atoms with Crippen molar-refractivity contribution < 1.29 is 4.79 Å². The van der Waals surface area contributed by atoms with Gasteiger partial charge in [-0.3, -0.25) is 4.79 Å². The van der Waals surface area contributed by atoms with E-state index in [-0.39, 0.29) is 5.91 Å². The van der Waals surface area contributed by atoms with Gasteiger partial charge in [-0.15, -0.1) is 6.58 Å². The van der Waals surface area contributed by atoms with Gasteiger partial charge in [0.15, 0.2) is 0 Å². The third-order valence-electron chi connectivity index (χ3n) is 2.57. The normalized spacial score (nSPS) is 10.1. The monoisotopic (exact) mass is 226 g/mol. The molecule has 0 saturated carbocycles. The topological polar surface area (TPSA) is 55.1 Å². The molecule has 0 aliphatic heterocycles. The van der Waals surface area contributed by atoms with Gasteiger partial charge < -0.3 is 11.1 Å². The van der Waals surface area contributed by atoms with Crippen LogP contribution in [0.2, 0.25) is 0 Å². The third-order valence-corrected chi connectivity index (χ3v) is 2.57. The number of amides is 1. The summed E-state index contributed by atoms with van der Waals surface area (Å²) in [4.78, 5) is 11.8. The Morgan fingerprint density at radius 3 is 2.59 bits per heavy atom. The fourth-order valence-corrected chi connectivity index (χ4v) is 1.71. The SMILES string of the molecule is C=CCNC(=O)c1cc2ccccc2cc1N. The van der Waals surface area contributed by atoms with E-state index in [2.05, 4.69) is 11.9 Å². The van der Waals surface area contributed by atoms with Gasteiger partial charge >= 0.3 is 0 Å². The van der Waals surface area contributed by atoms with Crippen LogP contribution in [0.1, 0.15) is 10.4 Å². The summed E-state index contributed by atoms with van der Waals surface area (Å²) < 4.78 is 0. The lowest BCUT2D eigenvalue weighted by atomic mass is 10.0. The summed E-state index contributed by atoms with van der Waals surface area (Å²) >= 11 is 0. The standard InChI is InChI=1S/C14H14N2O/c1-2-7-16-14(17)12-8-10-5-3-4-6-11(10)9-13(12)15/h2-6,8-9H,1,7,15H2,(H,16,17). The molecular weight excluding hydrogens is 212 g/mol. The molecule has 0 radical (unpaired) electrons. The van der Waals surface area contributed by atoms with Crippen LogP contribution in [-0.2, 0) is 0 Å². The Kier molecular flexibility index (Phi) is 3.10. The van der Waals surface area contributed by atoms with Crippen molar-refractivity contribution in [1.29, 1.82) is 0 Å². The zero-order chi connectivity index (χ0) is 12.3. The molecule has 17 heavy (non-hydrogen) atoms. The van der Waals surface area contributed by atoms with Crippen LogP contribution < -0.4 is 11.1 Å². The van der Waals surface area contributed by atoms with E-state index in [4.69, 9.17) is 5.73 Å². The molecule has 2 aromatic rings. The first kappa shape index (κ1) is 11.2. The van der Waals surface area contributed by atoms with E-state index < -0.39 is 0 Å². The summed E-state index contributed by atoms with van der Waals surface area (Å²) in [5, 5.41) is 4.75. The molecule has 1 amide bonds. The van der Waals surface area contributed by atoms with Crippen LogP contribution in [-0.4, -0.2) is 12.5 Å². The number of anilines is 1. The van der Waals surface area contributed by atoms with Gasteiger partial charge in [0.2, 0.25) is 0 Å². The van der Waals surface area contributed by atoms with E-state index in [1.807, 2.05) is 36.4 Å². The number of hydrogen-bond acceptors (Lipinski definition) is 2. The lowest BCUT2D eigenvalue weighted by Crippen LogP contribution is -2.24. The number of nitrogen functional groups attached to an aromatic ring is 1. The van der Waals surface area contributed by atoms with Crippen LogP contribution in [0.25, 0.3) is 10.8 Å². The van der Waals surface area contributed by atoms with E-state index in [0.717, 1.165) is 10.8 Å². The number of hydrogen-bond donors (Lipinski definition) is 2. The maximum Gasteiger partial charge on any atom is 0.253 e. The van der Waals surface area contributed by atoms with E-state index in [9.17, 15) is 4.79 Å². The predicted molar refractivity (Wildman–Crippen MR) is 70.9 cm³/mol. The van der Waals surface area contributed by atoms with Crippen molar-refractivity contribution in [2.24, 2.45) is 0 Å². The zero-order valence-corrected chi connectivity index (χ0v) is 9.44. The second-order valence-electron chi connectivity index (χ2n) is 3.79. The smallest absolute Gasteiger partial charge is 0.253 e. The lowest BCUT2D eigenvalue weighted by molar-refractivity contribution is 0.0959. The highest BCUT2D eigenvalue weighted by molar-refractivity contribution is 6.03. The number of carbonyl (C=O) groups excluding carboxylic acids is 1. The second kappa shape index (κ2) is 4.70. The van der Waals surface area contributed by atoms with Gasteiger partial charge in [0.25, 0.3) is 5.91 Å². The van der Waals surface area contributed by atoms with Crippen LogP contribution in [0.4, 0.5) is 5.69 Å². The Bertz CT molecular complexity index is 575. The third kappa shape index (κ3) is 2.28. The summed E-state index contributed by atoms with van der Waals surface area (Å²) in [5.74, 6) is -0.173. The molecule has 0 bridgehead atoms. The van der Waals surface area contributed by atoms with E-state index in [0.29, 0.717) is 17.8 Å². The van der Waals surface area contributed by atoms with Gasteiger partial charge in [-0.05, 0) is 22.9 Å². The van der Waals surface area contributed by atoms with Crippen molar-refractivity contribution in [3.8, 4) is 0 Å². The molecule has 0 spiro atoms. The van der Waals surface area contributed by atoms with Crippen molar-refractivity contribution in [2.45, 2.75) is 0 Å². The molecule has 3 nitrogen and oxygen atoms in total. The first-order valence-corrected chi connectivity index (χ1v) is 5.39. The molecule has 2 aromatic carbocycles. The van der Waals surface area contributed by atoms with Crippen molar-refractivity contribution in [3.05, 3.63) is 54.6 Å². The molecule has 0 aliphatic carbocycles. The molecule has 0 aliphatic rings. The minimum Gasteiger partial charge on any atom is -0.398 e. The zero-order valence-electron chi connectivity index (χ0n) is 9.44. The predicted octanol–water partition coefficient (Wildman–Crippen LogP) is 2.34. The van der Waals surface area contributed by atoms with Crippen LogP contribution in [0.3, 0.4) is 0 Å². The number of benzene rings is 2. The first-order chi connectivity index (χ1) is 8.22. The maximum atomic E-state index is 11.8. The van der Waals surface area contributed by atoms with Crippen molar-refractivity contribution in [1.82, 2.24) is 5.32 Å². The number of fused-ring (bicyclic) bond motifs is 1. The summed E-state index contributed by atoms with van der Waals surface area (Å²) in [5.41, 5.74) is 6.87. The Hall–Kier alpha value is -2.29. The Morgan fingerprint density at radius 2 is 1.94 bits per heavy atom. The molecule has 3 heteroatoms. The fourth-order valence-electron chi connectivity index (χ4n) is 1.71. The average Bonchev–Trinajstić information content (AvgIpc) is 2.35. The molecule has 3 N–H and O–H groups in total. The van der Waals surface area contributed by atoms with Crippen LogP contribution in [0, 0.1) is 0 Å². The largest absolute Gasteiger partial charge is 0.398 e. The van der Waals surface area contributed by atoms with Gasteiger partial charge in [0, 0.05) is 12.2 Å². The highest BCUT2D eigenvalue weighted by Gasteiger charge is 2.09. The van der Waals surface area contributed by atoms with Gasteiger partial charge in [0.1, 0.15) is 0 Å². The Labute approximate surface area is 99.9 Å². The van der Waals surface area contributed by atoms with Gasteiger partial charge in [-0.2, -0.15) is 0 Å². The number of nitrogens with two attached hydrogens (primary N) is 1. The Morgan fingerprint density at radius 1 is 1.29 bits per heavy atom. The molecule has 0 atom stereocenters. The highest BCUT2D eigenvalue weighted by Crippen LogP contribution is 2.21. The van der Waals surface area contributed by atoms with Crippen molar-refractivity contribution >= 4 is 22.4 Å². The van der Waals surface area contributed by atoms with Gasteiger partial charge in [-0.1, -0.05) is 30.3 Å². The summed E-state index contributed by atoms with van der Waals surface area (Å²) in [6.45, 7) is 3.99. The minimum atomic E-state index is -0.173. The average molecular weight is 226 g/mol. The van der Waals surface area contributed by atoms with Gasteiger partial charge in [0.05, 0.1) is 5.56 Å². The van der Waals surface area contributed by atoms with Crippen molar-refractivity contribution in [2.75, 3.05) is 12.3 Å². The molecule has 2 rings (SSSR count).